The van der Waals surface area contributed by atoms with E-state index in [2.05, 4.69) is 4.98 Å². The molecule has 6 heteroatoms. The van der Waals surface area contributed by atoms with Gasteiger partial charge in [-0.25, -0.2) is 9.78 Å². The van der Waals surface area contributed by atoms with Gasteiger partial charge in [-0.1, -0.05) is 18.5 Å². The lowest BCUT2D eigenvalue weighted by molar-refractivity contribution is 0.0662. The molecule has 0 fully saturated rings. The van der Waals surface area contributed by atoms with E-state index in [1.165, 1.54) is 7.11 Å². The van der Waals surface area contributed by atoms with Crippen molar-refractivity contribution in [2.75, 3.05) is 7.11 Å². The first-order valence-electron chi connectivity index (χ1n) is 5.63. The molecule has 0 saturated carbocycles. The number of benzene rings is 1. The van der Waals surface area contributed by atoms with Crippen molar-refractivity contribution in [3.8, 4) is 17.2 Å². The molecule has 2 aromatic rings. The largest absolute Gasteiger partial charge is 0.496 e. The van der Waals surface area contributed by atoms with E-state index in [0.717, 1.165) is 0 Å². The zero-order chi connectivity index (χ0) is 14.0. The van der Waals surface area contributed by atoms with Gasteiger partial charge in [0.05, 0.1) is 18.4 Å². The number of aromatic carboxylic acids is 1. The zero-order valence-corrected chi connectivity index (χ0v) is 11.2. The monoisotopic (exact) mass is 281 g/mol. The highest BCUT2D eigenvalue weighted by Crippen LogP contribution is 2.33. The average molecular weight is 282 g/mol. The summed E-state index contributed by atoms with van der Waals surface area (Å²) in [6.45, 7) is 1.81. The predicted molar refractivity (Wildman–Crippen MR) is 69.8 cm³/mol. The molecule has 0 radical (unpaired) electrons. The number of carboxylic acid groups (broad SMARTS) is 1. The van der Waals surface area contributed by atoms with Crippen LogP contribution in [0.15, 0.2) is 22.6 Å². The van der Waals surface area contributed by atoms with Crippen molar-refractivity contribution in [2.45, 2.75) is 13.3 Å². The van der Waals surface area contributed by atoms with Gasteiger partial charge in [0.1, 0.15) is 5.75 Å². The first kappa shape index (κ1) is 13.4. The van der Waals surface area contributed by atoms with Crippen LogP contribution in [0.4, 0.5) is 0 Å². The number of carbonyl (C=O) groups is 1. The van der Waals surface area contributed by atoms with Gasteiger partial charge in [-0.3, -0.25) is 0 Å². The van der Waals surface area contributed by atoms with Crippen molar-refractivity contribution in [1.82, 2.24) is 4.98 Å². The van der Waals surface area contributed by atoms with Crippen LogP contribution in [0.5, 0.6) is 5.75 Å². The third kappa shape index (κ3) is 2.56. The summed E-state index contributed by atoms with van der Waals surface area (Å²) in [5, 5.41) is 9.56. The summed E-state index contributed by atoms with van der Waals surface area (Å²) in [4.78, 5) is 15.2. The Labute approximate surface area is 114 Å². The molecule has 0 spiro atoms. The number of oxazole rings is 1. The first-order valence-corrected chi connectivity index (χ1v) is 6.01. The molecule has 1 heterocycles. The maximum absolute atomic E-state index is 11.0. The molecule has 0 aliphatic heterocycles. The van der Waals surface area contributed by atoms with E-state index in [9.17, 15) is 4.79 Å². The molecule has 0 aliphatic carbocycles. The lowest BCUT2D eigenvalue weighted by Gasteiger charge is -2.05. The Hall–Kier alpha value is -2.01. The van der Waals surface area contributed by atoms with Gasteiger partial charge in [0.2, 0.25) is 11.7 Å². The minimum absolute atomic E-state index is 0.144. The Bertz CT molecular complexity index is 621. The van der Waals surface area contributed by atoms with Crippen LogP contribution in [0.1, 0.15) is 23.2 Å². The SMILES string of the molecule is CCc1nc(-c2ccc(Cl)cc2OC)oc1C(=O)O. The Morgan fingerprint density at radius 3 is 2.79 bits per heavy atom. The van der Waals surface area contributed by atoms with Crippen molar-refractivity contribution >= 4 is 17.6 Å². The van der Waals surface area contributed by atoms with E-state index in [0.29, 0.717) is 28.5 Å². The normalized spacial score (nSPS) is 10.5. The zero-order valence-electron chi connectivity index (χ0n) is 10.4. The Morgan fingerprint density at radius 1 is 1.53 bits per heavy atom. The fourth-order valence-electron chi connectivity index (χ4n) is 1.72. The van der Waals surface area contributed by atoms with Crippen LogP contribution < -0.4 is 4.74 Å². The summed E-state index contributed by atoms with van der Waals surface area (Å²) in [7, 11) is 1.50. The van der Waals surface area contributed by atoms with Gasteiger partial charge < -0.3 is 14.3 Å². The third-order valence-electron chi connectivity index (χ3n) is 2.62. The molecule has 0 atom stereocenters. The maximum Gasteiger partial charge on any atom is 0.373 e. The van der Waals surface area contributed by atoms with Crippen LogP contribution in [0.2, 0.25) is 5.02 Å². The highest BCUT2D eigenvalue weighted by molar-refractivity contribution is 6.30. The summed E-state index contributed by atoms with van der Waals surface area (Å²) >= 11 is 5.87. The Morgan fingerprint density at radius 2 is 2.26 bits per heavy atom. The molecule has 0 amide bonds. The molecule has 0 bridgehead atoms. The van der Waals surface area contributed by atoms with Crippen molar-refractivity contribution in [2.24, 2.45) is 0 Å². The van der Waals surface area contributed by atoms with E-state index >= 15 is 0 Å². The van der Waals surface area contributed by atoms with Gasteiger partial charge >= 0.3 is 5.97 Å². The van der Waals surface area contributed by atoms with Gasteiger partial charge in [-0.15, -0.1) is 0 Å². The van der Waals surface area contributed by atoms with Crippen LogP contribution in [0, 0.1) is 0 Å². The molecule has 100 valence electrons. The van der Waals surface area contributed by atoms with Crippen molar-refractivity contribution in [1.29, 1.82) is 0 Å². The molecular weight excluding hydrogens is 270 g/mol. The summed E-state index contributed by atoms with van der Waals surface area (Å²) in [6, 6.07) is 4.96. The Balaban J connectivity index is 2.56. The van der Waals surface area contributed by atoms with Crippen LogP contribution in [0.3, 0.4) is 0 Å². The smallest absolute Gasteiger partial charge is 0.373 e. The summed E-state index contributed by atoms with van der Waals surface area (Å²) in [6.07, 6.45) is 0.473. The van der Waals surface area contributed by atoms with Crippen LogP contribution >= 0.6 is 11.6 Å². The minimum atomic E-state index is -1.14. The molecule has 0 saturated heterocycles. The quantitative estimate of drug-likeness (QED) is 0.931. The highest BCUT2D eigenvalue weighted by atomic mass is 35.5. The second-order valence-corrected chi connectivity index (χ2v) is 4.23. The summed E-state index contributed by atoms with van der Waals surface area (Å²) in [5.41, 5.74) is 0.966. The van der Waals surface area contributed by atoms with Gasteiger partial charge in [0.25, 0.3) is 0 Å². The van der Waals surface area contributed by atoms with Gasteiger partial charge in [0, 0.05) is 5.02 Å². The molecule has 1 aromatic heterocycles. The number of aromatic nitrogens is 1. The standard InChI is InChI=1S/C13H12ClNO4/c1-3-9-11(13(16)17)19-12(15-9)8-5-4-7(14)6-10(8)18-2/h4-6H,3H2,1-2H3,(H,16,17). The highest BCUT2D eigenvalue weighted by Gasteiger charge is 2.21. The number of halogens is 1. The molecule has 1 N–H and O–H groups in total. The molecule has 1 aromatic carbocycles. The van der Waals surface area contributed by atoms with Gasteiger partial charge in [-0.2, -0.15) is 0 Å². The molecular formula is C13H12ClNO4. The second-order valence-electron chi connectivity index (χ2n) is 3.80. The number of hydrogen-bond donors (Lipinski definition) is 1. The van der Waals surface area contributed by atoms with E-state index in [1.54, 1.807) is 18.2 Å². The van der Waals surface area contributed by atoms with Gasteiger partial charge in [0.15, 0.2) is 0 Å². The summed E-state index contributed by atoms with van der Waals surface area (Å²) < 4.78 is 10.5. The van der Waals surface area contributed by atoms with Crippen molar-refractivity contribution < 1.29 is 19.1 Å². The fourth-order valence-corrected chi connectivity index (χ4v) is 1.88. The lowest BCUT2D eigenvalue weighted by atomic mass is 10.2. The molecule has 0 unspecified atom stereocenters. The number of hydrogen-bond acceptors (Lipinski definition) is 4. The Kier molecular flexibility index (Phi) is 3.76. The number of methoxy groups -OCH3 is 1. The number of aryl methyl sites for hydroxylation is 1. The third-order valence-corrected chi connectivity index (χ3v) is 2.86. The van der Waals surface area contributed by atoms with E-state index in [1.807, 2.05) is 6.92 Å². The summed E-state index contributed by atoms with van der Waals surface area (Å²) in [5.74, 6) is -0.589. The predicted octanol–water partition coefficient (Wildman–Crippen LogP) is 3.26. The first-order chi connectivity index (χ1) is 9.06. The lowest BCUT2D eigenvalue weighted by Crippen LogP contribution is -1.98. The molecule has 19 heavy (non-hydrogen) atoms. The average Bonchev–Trinajstić information content (AvgIpc) is 2.82. The number of nitrogens with zero attached hydrogens (tertiary/aromatic N) is 1. The van der Waals surface area contributed by atoms with Crippen molar-refractivity contribution in [3.63, 3.8) is 0 Å². The fraction of sp³-hybridized carbons (Fsp3) is 0.231. The second kappa shape index (κ2) is 5.32. The van der Waals surface area contributed by atoms with Crippen LogP contribution in [-0.4, -0.2) is 23.2 Å². The topological polar surface area (TPSA) is 72.6 Å². The van der Waals surface area contributed by atoms with Crippen LogP contribution in [-0.2, 0) is 6.42 Å². The van der Waals surface area contributed by atoms with E-state index in [-0.39, 0.29) is 11.7 Å². The van der Waals surface area contributed by atoms with E-state index in [4.69, 9.17) is 25.9 Å². The number of carboxylic acids is 1. The van der Waals surface area contributed by atoms with Crippen molar-refractivity contribution in [3.05, 3.63) is 34.7 Å². The molecule has 5 nitrogen and oxygen atoms in total. The van der Waals surface area contributed by atoms with Crippen LogP contribution in [0.25, 0.3) is 11.5 Å². The molecule has 0 aliphatic rings. The number of rotatable bonds is 4. The number of ether oxygens (including phenoxy) is 1. The minimum Gasteiger partial charge on any atom is -0.496 e. The van der Waals surface area contributed by atoms with E-state index < -0.39 is 5.97 Å². The van der Waals surface area contributed by atoms with Gasteiger partial charge in [-0.05, 0) is 24.6 Å². The maximum atomic E-state index is 11.0. The molecule has 2 rings (SSSR count).